The molecule has 0 fully saturated rings. The molecule has 0 unspecified atom stereocenters. The van der Waals surface area contributed by atoms with Crippen molar-refractivity contribution in [1.29, 1.82) is 0 Å². The second-order valence-electron chi connectivity index (χ2n) is 5.56. The Balaban J connectivity index is 1.89. The van der Waals surface area contributed by atoms with Crippen molar-refractivity contribution in [3.63, 3.8) is 0 Å². The number of carbonyl (C=O) groups excluding carboxylic acids is 2. The predicted octanol–water partition coefficient (Wildman–Crippen LogP) is 3.86. The van der Waals surface area contributed by atoms with Crippen molar-refractivity contribution < 1.29 is 23.8 Å². The Labute approximate surface area is 162 Å². The van der Waals surface area contributed by atoms with Crippen molar-refractivity contribution in [2.75, 3.05) is 26.1 Å². The van der Waals surface area contributed by atoms with Crippen molar-refractivity contribution in [3.8, 4) is 11.5 Å². The molecule has 2 aromatic carbocycles. The molecule has 0 saturated carbocycles. The standard InChI is InChI=1S/C20H20ClNO5/c1-13-4-7-15(10-17(13)21)22-19(23)12-27-20(24)9-6-14-5-8-16(25-2)11-18(14)26-3/h4-11H,12H2,1-3H3,(H,22,23). The van der Waals surface area contributed by atoms with Gasteiger partial charge in [-0.3, -0.25) is 4.79 Å². The molecule has 6 nitrogen and oxygen atoms in total. The molecule has 7 heteroatoms. The molecule has 0 aliphatic heterocycles. The van der Waals surface area contributed by atoms with Crippen LogP contribution in [-0.4, -0.2) is 32.7 Å². The van der Waals surface area contributed by atoms with Crippen molar-refractivity contribution in [2.45, 2.75) is 6.92 Å². The molecule has 27 heavy (non-hydrogen) atoms. The maximum absolute atomic E-state index is 11.9. The first kappa shape index (κ1) is 20.3. The summed E-state index contributed by atoms with van der Waals surface area (Å²) in [5.41, 5.74) is 2.11. The van der Waals surface area contributed by atoms with Crippen LogP contribution in [0.25, 0.3) is 6.08 Å². The van der Waals surface area contributed by atoms with E-state index in [1.54, 1.807) is 43.5 Å². The Bertz CT molecular complexity index is 863. The van der Waals surface area contributed by atoms with Crippen molar-refractivity contribution >= 4 is 35.2 Å². The van der Waals surface area contributed by atoms with Crippen molar-refractivity contribution in [2.24, 2.45) is 0 Å². The molecule has 1 amide bonds. The molecule has 0 radical (unpaired) electrons. The van der Waals surface area contributed by atoms with Crippen LogP contribution in [0.15, 0.2) is 42.5 Å². The second kappa shape index (κ2) is 9.64. The number of rotatable bonds is 7. The molecular formula is C20H20ClNO5. The number of nitrogens with one attached hydrogen (secondary N) is 1. The highest BCUT2D eigenvalue weighted by atomic mass is 35.5. The van der Waals surface area contributed by atoms with E-state index < -0.39 is 18.5 Å². The van der Waals surface area contributed by atoms with Gasteiger partial charge in [0.1, 0.15) is 11.5 Å². The van der Waals surface area contributed by atoms with Crippen LogP contribution in [0.2, 0.25) is 5.02 Å². The van der Waals surface area contributed by atoms with Crippen LogP contribution in [0.1, 0.15) is 11.1 Å². The summed E-state index contributed by atoms with van der Waals surface area (Å²) in [6, 6.07) is 10.3. The summed E-state index contributed by atoms with van der Waals surface area (Å²) in [6.07, 6.45) is 2.76. The number of esters is 1. The average molecular weight is 390 g/mol. The van der Waals surface area contributed by atoms with E-state index in [9.17, 15) is 9.59 Å². The van der Waals surface area contributed by atoms with Gasteiger partial charge in [-0.2, -0.15) is 0 Å². The van der Waals surface area contributed by atoms with Crippen LogP contribution in [0.5, 0.6) is 11.5 Å². The number of halogens is 1. The summed E-state index contributed by atoms with van der Waals surface area (Å²) in [7, 11) is 3.07. The van der Waals surface area contributed by atoms with Crippen LogP contribution in [0.4, 0.5) is 5.69 Å². The van der Waals surface area contributed by atoms with E-state index in [-0.39, 0.29) is 0 Å². The van der Waals surface area contributed by atoms with E-state index in [4.69, 9.17) is 25.8 Å². The topological polar surface area (TPSA) is 73.9 Å². The smallest absolute Gasteiger partial charge is 0.331 e. The van der Waals surface area contributed by atoms with Gasteiger partial charge in [0.25, 0.3) is 5.91 Å². The monoisotopic (exact) mass is 389 g/mol. The Kier molecular flexibility index (Phi) is 7.25. The fraction of sp³-hybridized carbons (Fsp3) is 0.200. The normalized spacial score (nSPS) is 10.5. The molecule has 0 spiro atoms. The highest BCUT2D eigenvalue weighted by molar-refractivity contribution is 6.31. The van der Waals surface area contributed by atoms with E-state index in [2.05, 4.69) is 5.32 Å². The fourth-order valence-corrected chi connectivity index (χ4v) is 2.35. The Morgan fingerprint density at radius 2 is 1.89 bits per heavy atom. The van der Waals surface area contributed by atoms with Gasteiger partial charge in [0.15, 0.2) is 6.61 Å². The van der Waals surface area contributed by atoms with Gasteiger partial charge < -0.3 is 19.5 Å². The van der Waals surface area contributed by atoms with Crippen molar-refractivity contribution in [1.82, 2.24) is 0 Å². The van der Waals surface area contributed by atoms with Gasteiger partial charge in [-0.05, 0) is 42.8 Å². The summed E-state index contributed by atoms with van der Waals surface area (Å²) < 4.78 is 15.3. The van der Waals surface area contributed by atoms with Crippen LogP contribution in [0.3, 0.4) is 0 Å². The number of anilines is 1. The molecule has 0 bridgehead atoms. The zero-order valence-corrected chi connectivity index (χ0v) is 16.0. The first-order valence-electron chi connectivity index (χ1n) is 8.06. The summed E-state index contributed by atoms with van der Waals surface area (Å²) in [5, 5.41) is 3.15. The third kappa shape index (κ3) is 6.04. The van der Waals surface area contributed by atoms with Gasteiger partial charge in [-0.1, -0.05) is 17.7 Å². The van der Waals surface area contributed by atoms with Gasteiger partial charge in [0, 0.05) is 28.4 Å². The fourth-order valence-electron chi connectivity index (χ4n) is 2.17. The highest BCUT2D eigenvalue weighted by Crippen LogP contribution is 2.25. The summed E-state index contributed by atoms with van der Waals surface area (Å²) in [6.45, 7) is 1.45. The van der Waals surface area contributed by atoms with Crippen LogP contribution in [0, 0.1) is 6.92 Å². The lowest BCUT2D eigenvalue weighted by atomic mass is 10.2. The number of benzene rings is 2. The average Bonchev–Trinajstić information content (AvgIpc) is 2.67. The minimum atomic E-state index is -0.648. The first-order chi connectivity index (χ1) is 12.9. The molecule has 0 heterocycles. The molecule has 0 saturated heterocycles. The van der Waals surface area contributed by atoms with Gasteiger partial charge in [-0.15, -0.1) is 0 Å². The van der Waals surface area contributed by atoms with Gasteiger partial charge in [-0.25, -0.2) is 4.79 Å². The van der Waals surface area contributed by atoms with Crippen molar-refractivity contribution in [3.05, 3.63) is 58.6 Å². The number of carbonyl (C=O) groups is 2. The quantitative estimate of drug-likeness (QED) is 0.575. The van der Waals surface area contributed by atoms with Crippen LogP contribution < -0.4 is 14.8 Å². The lowest BCUT2D eigenvalue weighted by molar-refractivity contribution is -0.142. The zero-order valence-electron chi connectivity index (χ0n) is 15.2. The summed E-state index contributed by atoms with van der Waals surface area (Å²) in [5.74, 6) is 0.0792. The molecule has 0 atom stereocenters. The third-order valence-corrected chi connectivity index (χ3v) is 4.05. The molecule has 0 aliphatic rings. The molecule has 2 aromatic rings. The number of aryl methyl sites for hydroxylation is 1. The van der Waals surface area contributed by atoms with E-state index in [0.29, 0.717) is 27.8 Å². The van der Waals surface area contributed by atoms with Gasteiger partial charge >= 0.3 is 5.97 Å². The van der Waals surface area contributed by atoms with E-state index in [0.717, 1.165) is 5.56 Å². The second-order valence-corrected chi connectivity index (χ2v) is 5.97. The Hall–Kier alpha value is -2.99. The third-order valence-electron chi connectivity index (χ3n) is 3.64. The van der Waals surface area contributed by atoms with E-state index in [1.807, 2.05) is 6.92 Å². The maximum Gasteiger partial charge on any atom is 0.331 e. The maximum atomic E-state index is 11.9. The van der Waals surface area contributed by atoms with E-state index in [1.165, 1.54) is 19.3 Å². The van der Waals surface area contributed by atoms with E-state index >= 15 is 0 Å². The summed E-state index contributed by atoms with van der Waals surface area (Å²) in [4.78, 5) is 23.7. The minimum Gasteiger partial charge on any atom is -0.497 e. The van der Waals surface area contributed by atoms with Gasteiger partial charge in [0.05, 0.1) is 14.2 Å². The molecular weight excluding hydrogens is 370 g/mol. The molecule has 142 valence electrons. The van der Waals surface area contributed by atoms with Crippen LogP contribution >= 0.6 is 11.6 Å². The number of methoxy groups -OCH3 is 2. The Morgan fingerprint density at radius 3 is 2.56 bits per heavy atom. The molecule has 0 aliphatic carbocycles. The van der Waals surface area contributed by atoms with Gasteiger partial charge in [0.2, 0.25) is 0 Å². The Morgan fingerprint density at radius 1 is 1.11 bits per heavy atom. The van der Waals surface area contributed by atoms with Crippen LogP contribution in [-0.2, 0) is 14.3 Å². The first-order valence-corrected chi connectivity index (χ1v) is 8.43. The number of amides is 1. The zero-order chi connectivity index (χ0) is 19.8. The molecule has 0 aromatic heterocycles. The largest absolute Gasteiger partial charge is 0.497 e. The lowest BCUT2D eigenvalue weighted by Gasteiger charge is -2.08. The predicted molar refractivity (Wildman–Crippen MR) is 104 cm³/mol. The molecule has 1 N–H and O–H groups in total. The SMILES string of the molecule is COc1ccc(C=CC(=O)OCC(=O)Nc2ccc(C)c(Cl)c2)c(OC)c1. The molecule has 2 rings (SSSR count). The summed E-state index contributed by atoms with van der Waals surface area (Å²) >= 11 is 6.00. The number of hydrogen-bond donors (Lipinski definition) is 1. The minimum absolute atomic E-state index is 0.408. The number of ether oxygens (including phenoxy) is 3. The highest BCUT2D eigenvalue weighted by Gasteiger charge is 2.08. The number of hydrogen-bond acceptors (Lipinski definition) is 5. The lowest BCUT2D eigenvalue weighted by Crippen LogP contribution is -2.20.